The number of hydrogen-bond acceptors (Lipinski definition) is 4. The van der Waals surface area contributed by atoms with Gasteiger partial charge in [0.1, 0.15) is 0 Å². The van der Waals surface area contributed by atoms with E-state index in [1.165, 1.54) is 24.8 Å². The van der Waals surface area contributed by atoms with E-state index < -0.39 is 0 Å². The second kappa shape index (κ2) is 13.1. The van der Waals surface area contributed by atoms with E-state index >= 15 is 0 Å². The molecule has 0 spiro atoms. The number of fused-ring (bicyclic) bond motifs is 1. The topological polar surface area (TPSA) is 80.7 Å². The van der Waals surface area contributed by atoms with Crippen LogP contribution in [0.15, 0.2) is 108 Å². The lowest BCUT2D eigenvalue weighted by atomic mass is 9.99. The Morgan fingerprint density at radius 1 is 0.884 bits per heavy atom. The molecule has 0 radical (unpaired) electrons. The summed E-state index contributed by atoms with van der Waals surface area (Å²) in [6, 6.07) is 33.6. The van der Waals surface area contributed by atoms with Gasteiger partial charge in [-0.15, -0.1) is 0 Å². The lowest BCUT2D eigenvalue weighted by Crippen LogP contribution is -2.28. The fourth-order valence-electron chi connectivity index (χ4n) is 5.95. The Labute approximate surface area is 253 Å². The summed E-state index contributed by atoms with van der Waals surface area (Å²) in [5.74, 6) is -0.140. The Bertz CT molecular complexity index is 1700. The zero-order chi connectivity index (χ0) is 29.6. The number of rotatable bonds is 9. The summed E-state index contributed by atoms with van der Waals surface area (Å²) in [5, 5.41) is 15.1. The monoisotopic (exact) mass is 570 g/mol. The van der Waals surface area contributed by atoms with Crippen molar-refractivity contribution in [3.8, 4) is 5.88 Å². The summed E-state index contributed by atoms with van der Waals surface area (Å²) < 4.78 is 0. The smallest absolute Gasteiger partial charge is 0.251 e. The molecule has 6 nitrogen and oxygen atoms in total. The zero-order valence-electron chi connectivity index (χ0n) is 24.6. The minimum absolute atomic E-state index is 0.0209. The molecule has 0 saturated carbocycles. The number of aromatic amines is 1. The third-order valence-electron chi connectivity index (χ3n) is 8.27. The number of aromatic nitrogens is 1. The van der Waals surface area contributed by atoms with Gasteiger partial charge in [-0.25, -0.2) is 4.99 Å². The van der Waals surface area contributed by atoms with Gasteiger partial charge in [0.05, 0.1) is 23.0 Å². The molecule has 4 aromatic carbocycles. The maximum Gasteiger partial charge on any atom is 0.251 e. The molecule has 1 saturated heterocycles. The summed E-state index contributed by atoms with van der Waals surface area (Å²) in [6.07, 6.45) is 4.64. The van der Waals surface area contributed by atoms with Crippen molar-refractivity contribution in [3.05, 3.63) is 131 Å². The minimum atomic E-state index is -0.160. The van der Waals surface area contributed by atoms with Crippen molar-refractivity contribution in [3.63, 3.8) is 0 Å². The second-order valence-corrected chi connectivity index (χ2v) is 11.3. The number of benzene rings is 4. The maximum atomic E-state index is 13.4. The Kier molecular flexibility index (Phi) is 8.66. The summed E-state index contributed by atoms with van der Waals surface area (Å²) in [5.41, 5.74) is 6.49. The van der Waals surface area contributed by atoms with Crippen LogP contribution >= 0.6 is 0 Å². The van der Waals surface area contributed by atoms with Crippen LogP contribution in [-0.4, -0.2) is 39.7 Å². The molecule has 3 N–H and O–H groups in total. The van der Waals surface area contributed by atoms with E-state index in [0.29, 0.717) is 16.8 Å². The molecule has 2 heterocycles. The zero-order valence-corrected chi connectivity index (χ0v) is 24.6. The molecule has 5 aromatic rings. The van der Waals surface area contributed by atoms with E-state index in [1.54, 1.807) is 6.07 Å². The molecule has 218 valence electrons. The van der Waals surface area contributed by atoms with E-state index in [1.807, 2.05) is 84.9 Å². The fourth-order valence-corrected chi connectivity index (χ4v) is 5.95. The van der Waals surface area contributed by atoms with Crippen LogP contribution in [0.5, 0.6) is 5.88 Å². The summed E-state index contributed by atoms with van der Waals surface area (Å²) in [6.45, 7) is 5.32. The molecule has 1 fully saturated rings. The van der Waals surface area contributed by atoms with Gasteiger partial charge in [0.15, 0.2) is 5.88 Å². The lowest BCUT2D eigenvalue weighted by Gasteiger charge is -2.26. The van der Waals surface area contributed by atoms with E-state index in [9.17, 15) is 9.90 Å². The molecule has 6 heteroatoms. The van der Waals surface area contributed by atoms with Crippen molar-refractivity contribution < 1.29 is 9.90 Å². The standard InChI is InChI=1S/C37H38N4O2/c1-2-32(27-12-6-3-7-13-27)39-36(42)29-18-21-33-31(24-29)34(37(43)40-33)35(28-14-8-4-9-15-28)38-30-19-16-26(17-20-30)25-41-22-10-5-11-23-41/h3-4,6-9,12-21,24,32,40,43H,2,5,10-11,22-23,25H2,1H3,(H,39,42)/t32-/m1/s1. The summed E-state index contributed by atoms with van der Waals surface area (Å²) >= 11 is 0. The number of piperidine rings is 1. The normalized spacial score (nSPS) is 15.0. The quantitative estimate of drug-likeness (QED) is 0.158. The third kappa shape index (κ3) is 6.55. The molecule has 1 aromatic heterocycles. The van der Waals surface area contributed by atoms with E-state index in [0.717, 1.165) is 53.8 Å². The van der Waals surface area contributed by atoms with Crippen LogP contribution < -0.4 is 5.32 Å². The highest BCUT2D eigenvalue weighted by atomic mass is 16.3. The van der Waals surface area contributed by atoms with Gasteiger partial charge < -0.3 is 15.4 Å². The largest absolute Gasteiger partial charge is 0.494 e. The van der Waals surface area contributed by atoms with Crippen molar-refractivity contribution >= 4 is 28.2 Å². The molecule has 0 bridgehead atoms. The molecule has 0 unspecified atom stereocenters. The minimum Gasteiger partial charge on any atom is -0.494 e. The number of hydrogen-bond donors (Lipinski definition) is 3. The van der Waals surface area contributed by atoms with Crippen LogP contribution in [0, 0.1) is 0 Å². The number of carbonyl (C=O) groups is 1. The maximum absolute atomic E-state index is 13.4. The molecular formula is C37H38N4O2. The van der Waals surface area contributed by atoms with Crippen LogP contribution in [0.25, 0.3) is 10.9 Å². The second-order valence-electron chi connectivity index (χ2n) is 11.3. The van der Waals surface area contributed by atoms with Crippen LogP contribution in [0.2, 0.25) is 0 Å². The molecule has 0 aliphatic carbocycles. The SMILES string of the molecule is CC[C@@H](NC(=O)c1ccc2[nH]c(O)c(C(=Nc3ccc(CN4CCCCC4)cc3)c3ccccc3)c2c1)c1ccccc1. The molecule has 1 aliphatic heterocycles. The van der Waals surface area contributed by atoms with E-state index in [-0.39, 0.29) is 17.8 Å². The van der Waals surface area contributed by atoms with Crippen LogP contribution in [0.4, 0.5) is 5.69 Å². The molecule has 1 atom stereocenters. The number of nitrogens with one attached hydrogen (secondary N) is 2. The van der Waals surface area contributed by atoms with Gasteiger partial charge in [0.2, 0.25) is 0 Å². The molecule has 6 rings (SSSR count). The molecule has 43 heavy (non-hydrogen) atoms. The average Bonchev–Trinajstić information content (AvgIpc) is 3.39. The van der Waals surface area contributed by atoms with Crippen LogP contribution in [0.3, 0.4) is 0 Å². The van der Waals surface area contributed by atoms with Gasteiger partial charge in [0.25, 0.3) is 5.91 Å². The first-order chi connectivity index (χ1) is 21.1. The van der Waals surface area contributed by atoms with Gasteiger partial charge in [-0.05, 0) is 73.8 Å². The van der Waals surface area contributed by atoms with Crippen molar-refractivity contribution in [2.75, 3.05) is 13.1 Å². The van der Waals surface area contributed by atoms with Crippen LogP contribution in [-0.2, 0) is 6.54 Å². The Morgan fingerprint density at radius 3 is 2.28 bits per heavy atom. The molecule has 1 aliphatic rings. The van der Waals surface area contributed by atoms with Gasteiger partial charge in [-0.1, -0.05) is 86.1 Å². The van der Waals surface area contributed by atoms with Gasteiger partial charge in [-0.3, -0.25) is 9.69 Å². The Balaban J connectivity index is 1.34. The van der Waals surface area contributed by atoms with Gasteiger partial charge in [-0.2, -0.15) is 0 Å². The number of amides is 1. The summed E-state index contributed by atoms with van der Waals surface area (Å²) in [4.78, 5) is 24.1. The predicted octanol–water partition coefficient (Wildman–Crippen LogP) is 7.91. The number of H-pyrrole nitrogens is 1. The number of carbonyl (C=O) groups excluding carboxylic acids is 1. The molecular weight excluding hydrogens is 532 g/mol. The first-order valence-electron chi connectivity index (χ1n) is 15.3. The van der Waals surface area contributed by atoms with E-state index in [2.05, 4.69) is 34.3 Å². The first-order valence-corrected chi connectivity index (χ1v) is 15.3. The fraction of sp³-hybridized carbons (Fsp3) is 0.243. The average molecular weight is 571 g/mol. The van der Waals surface area contributed by atoms with Crippen molar-refractivity contribution in [2.24, 2.45) is 4.99 Å². The van der Waals surface area contributed by atoms with Gasteiger partial charge in [0, 0.05) is 28.6 Å². The highest BCUT2D eigenvalue weighted by molar-refractivity contribution is 6.22. The lowest BCUT2D eigenvalue weighted by molar-refractivity contribution is 0.0935. The highest BCUT2D eigenvalue weighted by Crippen LogP contribution is 2.32. The number of nitrogens with zero attached hydrogens (tertiary/aromatic N) is 2. The van der Waals surface area contributed by atoms with Gasteiger partial charge >= 0.3 is 0 Å². The Morgan fingerprint density at radius 2 is 1.58 bits per heavy atom. The third-order valence-corrected chi connectivity index (χ3v) is 8.27. The van der Waals surface area contributed by atoms with Crippen molar-refractivity contribution in [1.29, 1.82) is 0 Å². The summed E-state index contributed by atoms with van der Waals surface area (Å²) in [7, 11) is 0. The number of aromatic hydroxyl groups is 1. The first kappa shape index (κ1) is 28.4. The van der Waals surface area contributed by atoms with Crippen molar-refractivity contribution in [2.45, 2.75) is 45.2 Å². The number of aliphatic imine (C=N–C) groups is 1. The Hall–Kier alpha value is -4.68. The van der Waals surface area contributed by atoms with Crippen molar-refractivity contribution in [1.82, 2.24) is 15.2 Å². The van der Waals surface area contributed by atoms with E-state index in [4.69, 9.17) is 4.99 Å². The molecule has 1 amide bonds. The highest BCUT2D eigenvalue weighted by Gasteiger charge is 2.21. The predicted molar refractivity (Wildman–Crippen MR) is 174 cm³/mol. The number of likely N-dealkylation sites (tertiary alicyclic amines) is 1. The van der Waals surface area contributed by atoms with Crippen LogP contribution in [0.1, 0.15) is 71.3 Å².